The van der Waals surface area contributed by atoms with Gasteiger partial charge in [-0.2, -0.15) is 13.2 Å². The Kier molecular flexibility index (Phi) is 5.24. The van der Waals surface area contributed by atoms with Crippen molar-refractivity contribution in [2.24, 2.45) is 0 Å². The number of aromatic hydroxyl groups is 1. The molecular formula is C24H23F3O. The largest absolute Gasteiger partial charge is 0.508 e. The molecule has 0 aliphatic heterocycles. The Balaban J connectivity index is 2.28. The highest BCUT2D eigenvalue weighted by molar-refractivity contribution is 5.80. The van der Waals surface area contributed by atoms with Gasteiger partial charge in [0.1, 0.15) is 5.75 Å². The maximum Gasteiger partial charge on any atom is 0.416 e. The minimum atomic E-state index is -4.39. The third-order valence-corrected chi connectivity index (χ3v) is 4.77. The number of hydrogen-bond acceptors (Lipinski definition) is 1. The summed E-state index contributed by atoms with van der Waals surface area (Å²) in [6.07, 6.45) is -4.39. The summed E-state index contributed by atoms with van der Waals surface area (Å²) < 4.78 is 40.0. The van der Waals surface area contributed by atoms with Crippen LogP contribution in [-0.4, -0.2) is 5.11 Å². The van der Waals surface area contributed by atoms with E-state index in [-0.39, 0.29) is 11.7 Å². The molecule has 0 fully saturated rings. The van der Waals surface area contributed by atoms with Gasteiger partial charge in [-0.05, 0) is 83.0 Å². The lowest BCUT2D eigenvalue weighted by atomic mass is 9.85. The van der Waals surface area contributed by atoms with Gasteiger partial charge >= 0.3 is 6.18 Å². The molecule has 0 aromatic heterocycles. The summed E-state index contributed by atoms with van der Waals surface area (Å²) in [6, 6.07) is 15.2. The van der Waals surface area contributed by atoms with Crippen LogP contribution in [-0.2, 0) is 6.18 Å². The molecule has 0 spiro atoms. The number of aryl methyl sites for hydroxylation is 2. The second-order valence-electron chi connectivity index (χ2n) is 7.56. The molecule has 0 unspecified atom stereocenters. The van der Waals surface area contributed by atoms with Crippen molar-refractivity contribution >= 4 is 0 Å². The SMILES string of the molecule is Cc1cc(O)cc(-c2cccc(-c3cc(C)cc(C(F)(F)F)c3)c2C(C)C)c1. The summed E-state index contributed by atoms with van der Waals surface area (Å²) in [4.78, 5) is 0. The molecule has 28 heavy (non-hydrogen) atoms. The number of alkyl halides is 3. The molecule has 3 aromatic rings. The average Bonchev–Trinajstić information content (AvgIpc) is 2.58. The number of hydrogen-bond donors (Lipinski definition) is 1. The van der Waals surface area contributed by atoms with Gasteiger partial charge in [-0.25, -0.2) is 0 Å². The predicted octanol–water partition coefficient (Wildman–Crippen LogP) is 7.49. The van der Waals surface area contributed by atoms with Gasteiger partial charge in [-0.3, -0.25) is 0 Å². The molecule has 0 saturated heterocycles. The first-order valence-electron chi connectivity index (χ1n) is 9.19. The summed E-state index contributed by atoms with van der Waals surface area (Å²) in [7, 11) is 0. The van der Waals surface area contributed by atoms with Crippen LogP contribution in [0.15, 0.2) is 54.6 Å². The van der Waals surface area contributed by atoms with Crippen molar-refractivity contribution in [3.8, 4) is 28.0 Å². The quantitative estimate of drug-likeness (QED) is 0.496. The van der Waals surface area contributed by atoms with Gasteiger partial charge in [0.25, 0.3) is 0 Å². The Bertz CT molecular complexity index is 997. The molecule has 1 N–H and O–H groups in total. The Labute approximate surface area is 163 Å². The van der Waals surface area contributed by atoms with Crippen molar-refractivity contribution in [3.05, 3.63) is 76.9 Å². The summed E-state index contributed by atoms with van der Waals surface area (Å²) in [5.41, 5.74) is 4.91. The van der Waals surface area contributed by atoms with E-state index in [9.17, 15) is 18.3 Å². The van der Waals surface area contributed by atoms with E-state index < -0.39 is 11.7 Å². The predicted molar refractivity (Wildman–Crippen MR) is 108 cm³/mol. The van der Waals surface area contributed by atoms with Crippen LogP contribution in [0.4, 0.5) is 13.2 Å². The van der Waals surface area contributed by atoms with E-state index in [4.69, 9.17) is 0 Å². The molecule has 0 saturated carbocycles. The molecule has 4 heteroatoms. The number of rotatable bonds is 3. The van der Waals surface area contributed by atoms with Gasteiger partial charge in [0.2, 0.25) is 0 Å². The number of benzene rings is 3. The molecule has 0 radical (unpaired) electrons. The second-order valence-corrected chi connectivity index (χ2v) is 7.56. The third kappa shape index (κ3) is 4.06. The van der Waals surface area contributed by atoms with Crippen LogP contribution < -0.4 is 0 Å². The average molecular weight is 384 g/mol. The van der Waals surface area contributed by atoms with Gasteiger partial charge in [-0.15, -0.1) is 0 Å². The number of phenolic OH excluding ortho intramolecular Hbond substituents is 1. The van der Waals surface area contributed by atoms with Gasteiger partial charge in [0.15, 0.2) is 0 Å². The van der Waals surface area contributed by atoms with Crippen LogP contribution in [0.5, 0.6) is 5.75 Å². The van der Waals surface area contributed by atoms with Crippen LogP contribution >= 0.6 is 0 Å². The fourth-order valence-electron chi connectivity index (χ4n) is 3.71. The fourth-order valence-corrected chi connectivity index (χ4v) is 3.71. The van der Waals surface area contributed by atoms with Crippen molar-refractivity contribution in [1.82, 2.24) is 0 Å². The van der Waals surface area contributed by atoms with Crippen LogP contribution in [0.25, 0.3) is 22.3 Å². The van der Waals surface area contributed by atoms with E-state index >= 15 is 0 Å². The standard InChI is InChI=1S/C24H23F3O/c1-14(2)23-21(17-8-15(3)10-19(12-17)24(25,26)27)6-5-7-22(23)18-9-16(4)11-20(28)13-18/h5-14,28H,1-4H3. The first-order chi connectivity index (χ1) is 13.1. The van der Waals surface area contributed by atoms with Crippen LogP contribution in [0.1, 0.15) is 42.0 Å². The first-order valence-corrected chi connectivity index (χ1v) is 9.19. The van der Waals surface area contributed by atoms with Gasteiger partial charge in [0, 0.05) is 0 Å². The van der Waals surface area contributed by atoms with Crippen molar-refractivity contribution in [2.75, 3.05) is 0 Å². The zero-order valence-electron chi connectivity index (χ0n) is 16.4. The Morgan fingerprint density at radius 1 is 0.786 bits per heavy atom. The lowest BCUT2D eigenvalue weighted by Gasteiger charge is -2.20. The molecule has 1 nitrogen and oxygen atoms in total. The summed E-state index contributed by atoms with van der Waals surface area (Å²) in [6.45, 7) is 7.63. The number of phenols is 1. The first kappa shape index (κ1) is 20.0. The van der Waals surface area contributed by atoms with E-state index in [1.807, 2.05) is 45.0 Å². The monoisotopic (exact) mass is 384 g/mol. The zero-order chi connectivity index (χ0) is 20.6. The molecule has 3 aromatic carbocycles. The molecular weight excluding hydrogens is 361 g/mol. The smallest absolute Gasteiger partial charge is 0.416 e. The van der Waals surface area contributed by atoms with Crippen LogP contribution in [0.2, 0.25) is 0 Å². The van der Waals surface area contributed by atoms with Gasteiger partial charge in [0.05, 0.1) is 5.56 Å². The molecule has 0 aliphatic carbocycles. The van der Waals surface area contributed by atoms with Gasteiger partial charge in [-0.1, -0.05) is 44.2 Å². The zero-order valence-corrected chi connectivity index (χ0v) is 16.4. The highest BCUT2D eigenvalue weighted by Crippen LogP contribution is 2.40. The maximum atomic E-state index is 13.3. The molecule has 0 atom stereocenters. The Hall–Kier alpha value is -2.75. The summed E-state index contributed by atoms with van der Waals surface area (Å²) in [5, 5.41) is 10.0. The van der Waals surface area contributed by atoms with Crippen molar-refractivity contribution in [3.63, 3.8) is 0 Å². The molecule has 3 rings (SSSR count). The number of halogens is 3. The molecule has 146 valence electrons. The minimum Gasteiger partial charge on any atom is -0.508 e. The van der Waals surface area contributed by atoms with E-state index in [0.717, 1.165) is 27.8 Å². The summed E-state index contributed by atoms with van der Waals surface area (Å²) >= 11 is 0. The Morgan fingerprint density at radius 3 is 1.82 bits per heavy atom. The lowest BCUT2D eigenvalue weighted by molar-refractivity contribution is -0.137. The van der Waals surface area contributed by atoms with E-state index in [2.05, 4.69) is 0 Å². The molecule has 0 amide bonds. The second kappa shape index (κ2) is 7.34. The van der Waals surface area contributed by atoms with Crippen LogP contribution in [0.3, 0.4) is 0 Å². The maximum absolute atomic E-state index is 13.3. The normalized spacial score (nSPS) is 11.9. The third-order valence-electron chi connectivity index (χ3n) is 4.77. The Morgan fingerprint density at radius 2 is 1.32 bits per heavy atom. The molecule has 0 heterocycles. The van der Waals surface area contributed by atoms with Crippen molar-refractivity contribution in [1.29, 1.82) is 0 Å². The molecule has 0 bridgehead atoms. The van der Waals surface area contributed by atoms with E-state index in [1.54, 1.807) is 25.1 Å². The van der Waals surface area contributed by atoms with Crippen molar-refractivity contribution in [2.45, 2.75) is 39.8 Å². The minimum absolute atomic E-state index is 0.0868. The molecule has 0 aliphatic rings. The van der Waals surface area contributed by atoms with Crippen LogP contribution in [0, 0.1) is 13.8 Å². The fraction of sp³-hybridized carbons (Fsp3) is 0.250. The van der Waals surface area contributed by atoms with E-state index in [1.165, 1.54) is 12.1 Å². The highest BCUT2D eigenvalue weighted by Gasteiger charge is 2.31. The topological polar surface area (TPSA) is 20.2 Å². The van der Waals surface area contributed by atoms with Crippen molar-refractivity contribution < 1.29 is 18.3 Å². The summed E-state index contributed by atoms with van der Waals surface area (Å²) in [5.74, 6) is 0.258. The van der Waals surface area contributed by atoms with Gasteiger partial charge < -0.3 is 5.11 Å². The highest BCUT2D eigenvalue weighted by atomic mass is 19.4. The van der Waals surface area contributed by atoms with E-state index in [0.29, 0.717) is 11.1 Å². The lowest BCUT2D eigenvalue weighted by Crippen LogP contribution is -2.06.